The van der Waals surface area contributed by atoms with Crippen LogP contribution in [0.1, 0.15) is 24.8 Å². The molecule has 0 spiro atoms. The molecular formula is C31H42N8O. The molecule has 9 nitrogen and oxygen atoms in total. The van der Waals surface area contributed by atoms with Crippen LogP contribution in [0.3, 0.4) is 0 Å². The summed E-state index contributed by atoms with van der Waals surface area (Å²) in [7, 11) is 2.18. The van der Waals surface area contributed by atoms with E-state index < -0.39 is 0 Å². The molecule has 2 aromatic carbocycles. The number of carbonyl (C=O) groups is 1. The summed E-state index contributed by atoms with van der Waals surface area (Å²) < 4.78 is 0. The third-order valence-corrected chi connectivity index (χ3v) is 8.49. The predicted octanol–water partition coefficient (Wildman–Crippen LogP) is 3.32. The number of nitrogens with one attached hydrogen (secondary N) is 3. The van der Waals surface area contributed by atoms with Gasteiger partial charge < -0.3 is 30.7 Å². The van der Waals surface area contributed by atoms with E-state index in [1.165, 1.54) is 35.4 Å². The number of aryl methyl sites for hydroxylation is 1. The van der Waals surface area contributed by atoms with Crippen LogP contribution in [0.5, 0.6) is 0 Å². The molecule has 40 heavy (non-hydrogen) atoms. The quantitative estimate of drug-likeness (QED) is 0.496. The highest BCUT2D eigenvalue weighted by Gasteiger charge is 2.25. The number of anilines is 4. The highest BCUT2D eigenvalue weighted by molar-refractivity contribution is 6.03. The number of piperidine rings is 1. The molecule has 3 fully saturated rings. The van der Waals surface area contributed by atoms with Crippen LogP contribution in [0.4, 0.5) is 22.7 Å². The van der Waals surface area contributed by atoms with Gasteiger partial charge in [-0.1, -0.05) is 6.07 Å². The summed E-state index contributed by atoms with van der Waals surface area (Å²) in [6.07, 6.45) is 5.21. The maximum Gasteiger partial charge on any atom is 0.238 e. The van der Waals surface area contributed by atoms with Gasteiger partial charge >= 0.3 is 0 Å². The van der Waals surface area contributed by atoms with Gasteiger partial charge in [0, 0.05) is 85.9 Å². The smallest absolute Gasteiger partial charge is 0.238 e. The molecule has 3 saturated heterocycles. The van der Waals surface area contributed by atoms with Gasteiger partial charge in [-0.15, -0.1) is 0 Å². The van der Waals surface area contributed by atoms with E-state index in [-0.39, 0.29) is 12.2 Å². The third kappa shape index (κ3) is 6.26. The zero-order chi connectivity index (χ0) is 27.5. The van der Waals surface area contributed by atoms with Crippen molar-refractivity contribution in [2.75, 3.05) is 86.4 Å². The van der Waals surface area contributed by atoms with Crippen molar-refractivity contribution < 1.29 is 4.79 Å². The van der Waals surface area contributed by atoms with Crippen LogP contribution in [-0.4, -0.2) is 93.7 Å². The molecule has 0 aliphatic carbocycles. The Hall–Kier alpha value is -3.56. The van der Waals surface area contributed by atoms with Crippen molar-refractivity contribution in [2.24, 2.45) is 4.99 Å². The van der Waals surface area contributed by atoms with E-state index in [1.807, 2.05) is 6.07 Å². The molecule has 0 aromatic heterocycles. The van der Waals surface area contributed by atoms with Crippen molar-refractivity contribution in [3.8, 4) is 0 Å². The lowest BCUT2D eigenvalue weighted by atomic mass is 10.00. The van der Waals surface area contributed by atoms with Crippen LogP contribution in [0, 0.1) is 6.92 Å². The van der Waals surface area contributed by atoms with Crippen molar-refractivity contribution in [1.82, 2.24) is 15.1 Å². The predicted molar refractivity (Wildman–Crippen MR) is 165 cm³/mol. The van der Waals surface area contributed by atoms with E-state index in [4.69, 9.17) is 4.99 Å². The molecule has 1 atom stereocenters. The largest absolute Gasteiger partial charge is 0.369 e. The van der Waals surface area contributed by atoms with Gasteiger partial charge in [-0.05, 0) is 81.9 Å². The summed E-state index contributed by atoms with van der Waals surface area (Å²) in [4.78, 5) is 27.0. The first kappa shape index (κ1) is 26.7. The molecule has 3 N–H and O–H groups in total. The Balaban J connectivity index is 1.04. The van der Waals surface area contributed by atoms with Crippen LogP contribution < -0.4 is 25.8 Å². The normalized spacial score (nSPS) is 21.8. The fourth-order valence-corrected chi connectivity index (χ4v) is 6.07. The lowest BCUT2D eigenvalue weighted by molar-refractivity contribution is -0.117. The first-order chi connectivity index (χ1) is 19.5. The molecular weight excluding hydrogens is 500 g/mol. The fraction of sp³-hybridized carbons (Fsp3) is 0.484. The topological polar surface area (TPSA) is 78.5 Å². The number of piperazine rings is 1. The van der Waals surface area contributed by atoms with E-state index in [2.05, 4.69) is 92.1 Å². The second-order valence-electron chi connectivity index (χ2n) is 11.5. The number of carbonyl (C=O) groups excluding carboxylic acids is 1. The number of amides is 1. The number of likely N-dealkylation sites (tertiary alicyclic amines) is 1. The number of rotatable bonds is 7. The monoisotopic (exact) mass is 542 g/mol. The summed E-state index contributed by atoms with van der Waals surface area (Å²) in [5.74, 6) is 0.0662. The summed E-state index contributed by atoms with van der Waals surface area (Å²) in [6, 6.07) is 14.9. The van der Waals surface area contributed by atoms with Crippen molar-refractivity contribution in [3.05, 3.63) is 59.8 Å². The Labute approximate surface area is 237 Å². The molecule has 4 heterocycles. The Morgan fingerprint density at radius 1 is 0.950 bits per heavy atom. The van der Waals surface area contributed by atoms with Gasteiger partial charge in [0.15, 0.2) is 6.29 Å². The Kier molecular flexibility index (Phi) is 7.93. The van der Waals surface area contributed by atoms with Crippen LogP contribution in [-0.2, 0) is 4.79 Å². The summed E-state index contributed by atoms with van der Waals surface area (Å²) >= 11 is 0. The minimum Gasteiger partial charge on any atom is -0.369 e. The van der Waals surface area contributed by atoms with Crippen molar-refractivity contribution in [1.29, 1.82) is 0 Å². The van der Waals surface area contributed by atoms with Crippen molar-refractivity contribution in [2.45, 2.75) is 32.5 Å². The van der Waals surface area contributed by atoms with Gasteiger partial charge in [-0.3, -0.25) is 9.69 Å². The average Bonchev–Trinajstić information content (AvgIpc) is 3.48. The second kappa shape index (κ2) is 11.9. The fourth-order valence-electron chi connectivity index (χ4n) is 6.07. The lowest BCUT2D eigenvalue weighted by Crippen LogP contribution is -2.44. The second-order valence-corrected chi connectivity index (χ2v) is 11.5. The molecule has 6 rings (SSSR count). The maximum atomic E-state index is 12.6. The molecule has 4 aliphatic heterocycles. The van der Waals surface area contributed by atoms with Crippen LogP contribution in [0.15, 0.2) is 59.2 Å². The molecule has 2 aromatic rings. The molecule has 1 unspecified atom stereocenters. The maximum absolute atomic E-state index is 12.6. The number of hydrogen-bond acceptors (Lipinski definition) is 8. The van der Waals surface area contributed by atoms with Gasteiger partial charge in [0.1, 0.15) is 0 Å². The Morgan fingerprint density at radius 2 is 1.70 bits per heavy atom. The first-order valence-corrected chi connectivity index (χ1v) is 14.7. The van der Waals surface area contributed by atoms with Gasteiger partial charge in [-0.25, -0.2) is 4.99 Å². The number of aliphatic imine (C=N–C) groups is 1. The Morgan fingerprint density at radius 3 is 2.48 bits per heavy atom. The van der Waals surface area contributed by atoms with Crippen molar-refractivity contribution in [3.63, 3.8) is 0 Å². The number of fused-ring (bicyclic) bond motifs is 1. The third-order valence-electron chi connectivity index (χ3n) is 8.49. The molecule has 0 radical (unpaired) electrons. The number of nitrogens with zero attached hydrogens (tertiary/aromatic N) is 5. The Bertz CT molecular complexity index is 1260. The first-order valence-electron chi connectivity index (χ1n) is 14.7. The molecule has 1 amide bonds. The highest BCUT2D eigenvalue weighted by atomic mass is 16.2. The van der Waals surface area contributed by atoms with E-state index in [0.717, 1.165) is 75.9 Å². The lowest BCUT2D eigenvalue weighted by Gasteiger charge is -2.35. The van der Waals surface area contributed by atoms with E-state index in [0.29, 0.717) is 6.54 Å². The molecule has 0 saturated carbocycles. The average molecular weight is 543 g/mol. The standard InChI is InChI=1S/C31H42N8O/c1-23-5-6-26(33-30(40)22-37-12-3-4-13-37)19-29(23)39-14-11-28-24(21-39)20-32-31(35-28)34-25-7-9-27(10-8-25)38-17-15-36(2)16-18-38/h5-10,19-20,31-32,34H,3-4,11-18,21-22H2,1-2H3,(H,33,40). The summed E-state index contributed by atoms with van der Waals surface area (Å²) in [5.41, 5.74) is 7.96. The van der Waals surface area contributed by atoms with Gasteiger partial charge in [-0.2, -0.15) is 0 Å². The van der Waals surface area contributed by atoms with Crippen molar-refractivity contribution >= 4 is 34.4 Å². The molecule has 9 heteroatoms. The van der Waals surface area contributed by atoms with E-state index in [9.17, 15) is 4.79 Å². The van der Waals surface area contributed by atoms with Gasteiger partial charge in [0.25, 0.3) is 0 Å². The van der Waals surface area contributed by atoms with Crippen LogP contribution in [0.2, 0.25) is 0 Å². The highest BCUT2D eigenvalue weighted by Crippen LogP contribution is 2.29. The summed E-state index contributed by atoms with van der Waals surface area (Å²) in [5, 5.41) is 10.1. The van der Waals surface area contributed by atoms with Crippen LogP contribution >= 0.6 is 0 Å². The minimum atomic E-state index is -0.171. The van der Waals surface area contributed by atoms with E-state index >= 15 is 0 Å². The zero-order valence-corrected chi connectivity index (χ0v) is 23.8. The molecule has 212 valence electrons. The molecule has 0 bridgehead atoms. The number of likely N-dealkylation sites (N-methyl/N-ethyl adjacent to an activating group) is 1. The van der Waals surface area contributed by atoms with Crippen LogP contribution in [0.25, 0.3) is 0 Å². The summed E-state index contributed by atoms with van der Waals surface area (Å²) in [6.45, 7) is 10.7. The molecule has 4 aliphatic rings. The van der Waals surface area contributed by atoms with E-state index in [1.54, 1.807) is 0 Å². The van der Waals surface area contributed by atoms with Gasteiger partial charge in [0.2, 0.25) is 5.91 Å². The number of benzene rings is 2. The zero-order valence-electron chi connectivity index (χ0n) is 23.8. The van der Waals surface area contributed by atoms with Gasteiger partial charge in [0.05, 0.1) is 6.54 Å². The SMILES string of the molecule is Cc1ccc(NC(=O)CN2CCCC2)cc1N1CCC2=NC(Nc3ccc(N4CCN(C)CC4)cc3)NC=C2C1. The number of hydrogen-bond donors (Lipinski definition) is 3. The minimum absolute atomic E-state index is 0.0662.